The number of carbonyl (C=O) groups excluding carboxylic acids is 1. The van der Waals surface area contributed by atoms with Gasteiger partial charge in [-0.25, -0.2) is 4.98 Å². The van der Waals surface area contributed by atoms with E-state index in [1.54, 1.807) is 20.3 Å². The van der Waals surface area contributed by atoms with Crippen LogP contribution in [0.3, 0.4) is 0 Å². The first-order chi connectivity index (χ1) is 11.8. The maximum absolute atomic E-state index is 11.1. The molecule has 134 valence electrons. The molecule has 8 nitrogen and oxygen atoms in total. The quantitative estimate of drug-likeness (QED) is 0.827. The largest absolute Gasteiger partial charge is 0.493 e. The van der Waals surface area contributed by atoms with Gasteiger partial charge in [0.2, 0.25) is 11.9 Å². The van der Waals surface area contributed by atoms with Crippen LogP contribution in [-0.2, 0) is 4.79 Å². The van der Waals surface area contributed by atoms with E-state index in [0.717, 1.165) is 5.56 Å². The maximum Gasteiger partial charge on any atom is 0.231 e. The van der Waals surface area contributed by atoms with Crippen molar-refractivity contribution in [2.75, 3.05) is 25.3 Å². The summed E-state index contributed by atoms with van der Waals surface area (Å²) in [6.07, 6.45) is 1.41. The second-order valence-electron chi connectivity index (χ2n) is 5.63. The molecule has 0 atom stereocenters. The Balaban J connectivity index is 2.40. The fraction of sp³-hybridized carbons (Fsp3) is 0.353. The van der Waals surface area contributed by atoms with Crippen LogP contribution in [0.4, 0.5) is 11.8 Å². The normalized spacial score (nSPS) is 10.5. The number of methoxy groups -OCH3 is 2. The summed E-state index contributed by atoms with van der Waals surface area (Å²) in [5.41, 5.74) is 6.83. The average Bonchev–Trinajstić information content (AvgIpc) is 2.56. The minimum Gasteiger partial charge on any atom is -0.493 e. The number of nitrogen functional groups attached to an aromatic ring is 1. The number of aromatic nitrogens is 2. The second-order valence-corrected chi connectivity index (χ2v) is 5.63. The summed E-state index contributed by atoms with van der Waals surface area (Å²) in [5, 5.41) is 2.47. The molecule has 0 fully saturated rings. The first-order valence-electron chi connectivity index (χ1n) is 7.69. The lowest BCUT2D eigenvalue weighted by Crippen LogP contribution is -2.10. The molecule has 1 heterocycles. The molecule has 3 N–H and O–H groups in total. The van der Waals surface area contributed by atoms with E-state index in [0.29, 0.717) is 17.2 Å². The van der Waals surface area contributed by atoms with Crippen molar-refractivity contribution in [1.82, 2.24) is 9.97 Å². The second kappa shape index (κ2) is 7.69. The lowest BCUT2D eigenvalue weighted by Gasteiger charge is -2.18. The SMILES string of the molecule is COc1cc(Oc2cnc(NC(C)=O)nc2N)c(C(C)C)cc1OC. The summed E-state index contributed by atoms with van der Waals surface area (Å²) < 4.78 is 16.6. The number of ether oxygens (including phenoxy) is 3. The van der Waals surface area contributed by atoms with Crippen molar-refractivity contribution in [3.63, 3.8) is 0 Å². The van der Waals surface area contributed by atoms with Crippen molar-refractivity contribution >= 4 is 17.7 Å². The third-order valence-electron chi connectivity index (χ3n) is 3.43. The van der Waals surface area contributed by atoms with Gasteiger partial charge in [-0.2, -0.15) is 4.98 Å². The number of nitrogens with one attached hydrogen (secondary N) is 1. The standard InChI is InChI=1S/C17H22N4O4/c1-9(2)11-6-13(23-4)14(24-5)7-12(11)25-15-8-19-17(20-10(3)22)21-16(15)18/h6-9H,1-5H3,(H3,18,19,20,21,22). The topological polar surface area (TPSA) is 109 Å². The molecule has 0 aliphatic rings. The number of amides is 1. The van der Waals surface area contributed by atoms with Crippen molar-refractivity contribution in [1.29, 1.82) is 0 Å². The summed E-state index contributed by atoms with van der Waals surface area (Å²) >= 11 is 0. The highest BCUT2D eigenvalue weighted by Crippen LogP contribution is 2.40. The minimum atomic E-state index is -0.282. The Labute approximate surface area is 146 Å². The average molecular weight is 346 g/mol. The van der Waals surface area contributed by atoms with E-state index in [1.807, 2.05) is 19.9 Å². The smallest absolute Gasteiger partial charge is 0.231 e. The van der Waals surface area contributed by atoms with E-state index in [2.05, 4.69) is 15.3 Å². The fourth-order valence-corrected chi connectivity index (χ4v) is 2.21. The lowest BCUT2D eigenvalue weighted by atomic mass is 10.0. The molecular formula is C17H22N4O4. The number of anilines is 2. The summed E-state index contributed by atoms with van der Waals surface area (Å²) in [5.74, 6) is 2.13. The molecule has 1 amide bonds. The molecule has 0 saturated carbocycles. The van der Waals surface area contributed by atoms with E-state index < -0.39 is 0 Å². The third-order valence-corrected chi connectivity index (χ3v) is 3.43. The molecule has 2 aromatic rings. The number of hydrogen-bond donors (Lipinski definition) is 2. The summed E-state index contributed by atoms with van der Waals surface area (Å²) in [4.78, 5) is 19.1. The first-order valence-corrected chi connectivity index (χ1v) is 7.69. The number of benzene rings is 1. The van der Waals surface area contributed by atoms with E-state index in [1.165, 1.54) is 13.1 Å². The molecule has 0 aliphatic carbocycles. The number of nitrogens with zero attached hydrogens (tertiary/aromatic N) is 2. The van der Waals surface area contributed by atoms with E-state index in [4.69, 9.17) is 19.9 Å². The fourth-order valence-electron chi connectivity index (χ4n) is 2.21. The van der Waals surface area contributed by atoms with Gasteiger partial charge in [-0.15, -0.1) is 0 Å². The Morgan fingerprint density at radius 3 is 2.28 bits per heavy atom. The van der Waals surface area contributed by atoms with Crippen LogP contribution in [0.5, 0.6) is 23.0 Å². The van der Waals surface area contributed by atoms with Crippen LogP contribution >= 0.6 is 0 Å². The lowest BCUT2D eigenvalue weighted by molar-refractivity contribution is -0.114. The van der Waals surface area contributed by atoms with Gasteiger partial charge in [0.1, 0.15) is 5.75 Å². The number of nitrogens with two attached hydrogens (primary N) is 1. The predicted molar refractivity (Wildman–Crippen MR) is 94.5 cm³/mol. The molecular weight excluding hydrogens is 324 g/mol. The molecule has 2 rings (SSSR count). The maximum atomic E-state index is 11.1. The van der Waals surface area contributed by atoms with Crippen LogP contribution in [-0.4, -0.2) is 30.1 Å². The monoisotopic (exact) mass is 346 g/mol. The molecule has 0 spiro atoms. The molecule has 25 heavy (non-hydrogen) atoms. The highest BCUT2D eigenvalue weighted by atomic mass is 16.5. The molecule has 0 saturated heterocycles. The van der Waals surface area contributed by atoms with Crippen LogP contribution in [0.15, 0.2) is 18.3 Å². The zero-order valence-electron chi connectivity index (χ0n) is 14.9. The Bertz CT molecular complexity index is 777. The van der Waals surface area contributed by atoms with Crippen molar-refractivity contribution in [3.8, 4) is 23.0 Å². The van der Waals surface area contributed by atoms with Crippen LogP contribution in [0.2, 0.25) is 0 Å². The molecule has 0 unspecified atom stereocenters. The third kappa shape index (κ3) is 4.28. The van der Waals surface area contributed by atoms with Gasteiger partial charge in [0, 0.05) is 18.6 Å². The highest BCUT2D eigenvalue weighted by Gasteiger charge is 2.17. The Hall–Kier alpha value is -3.03. The van der Waals surface area contributed by atoms with Crippen molar-refractivity contribution in [3.05, 3.63) is 23.9 Å². The van der Waals surface area contributed by atoms with E-state index in [-0.39, 0.29) is 29.3 Å². The minimum absolute atomic E-state index is 0.114. The van der Waals surface area contributed by atoms with Gasteiger partial charge in [0.25, 0.3) is 0 Å². The molecule has 0 bridgehead atoms. The van der Waals surface area contributed by atoms with Crippen LogP contribution in [0.25, 0.3) is 0 Å². The van der Waals surface area contributed by atoms with Crippen LogP contribution in [0.1, 0.15) is 32.3 Å². The molecule has 1 aromatic carbocycles. The molecule has 1 aromatic heterocycles. The first kappa shape index (κ1) is 18.3. The molecule has 0 aliphatic heterocycles. The summed E-state index contributed by atoms with van der Waals surface area (Å²) in [6, 6.07) is 3.59. The van der Waals surface area contributed by atoms with Gasteiger partial charge in [-0.1, -0.05) is 13.8 Å². The van der Waals surface area contributed by atoms with Crippen molar-refractivity contribution < 1.29 is 19.0 Å². The number of hydrogen-bond acceptors (Lipinski definition) is 7. The van der Waals surface area contributed by atoms with Gasteiger partial charge in [0.05, 0.1) is 20.4 Å². The van der Waals surface area contributed by atoms with Crippen LogP contribution < -0.4 is 25.3 Å². The Kier molecular flexibility index (Phi) is 5.63. The van der Waals surface area contributed by atoms with Gasteiger partial charge in [-0.05, 0) is 12.0 Å². The molecule has 8 heteroatoms. The van der Waals surface area contributed by atoms with Gasteiger partial charge < -0.3 is 19.9 Å². The summed E-state index contributed by atoms with van der Waals surface area (Å²) in [7, 11) is 3.13. The van der Waals surface area contributed by atoms with E-state index in [9.17, 15) is 4.79 Å². The van der Waals surface area contributed by atoms with Crippen molar-refractivity contribution in [2.24, 2.45) is 0 Å². The number of rotatable bonds is 6. The predicted octanol–water partition coefficient (Wildman–Crippen LogP) is 2.95. The Morgan fingerprint density at radius 1 is 1.12 bits per heavy atom. The number of carbonyl (C=O) groups is 1. The molecule has 0 radical (unpaired) electrons. The van der Waals surface area contributed by atoms with Crippen LogP contribution in [0, 0.1) is 0 Å². The Morgan fingerprint density at radius 2 is 1.76 bits per heavy atom. The highest BCUT2D eigenvalue weighted by molar-refractivity contribution is 5.86. The van der Waals surface area contributed by atoms with E-state index >= 15 is 0 Å². The zero-order chi connectivity index (χ0) is 18.6. The van der Waals surface area contributed by atoms with Gasteiger partial charge in [0.15, 0.2) is 23.1 Å². The zero-order valence-corrected chi connectivity index (χ0v) is 14.9. The van der Waals surface area contributed by atoms with Gasteiger partial charge >= 0.3 is 0 Å². The van der Waals surface area contributed by atoms with Crippen molar-refractivity contribution in [2.45, 2.75) is 26.7 Å². The van der Waals surface area contributed by atoms with Gasteiger partial charge in [-0.3, -0.25) is 10.1 Å². The summed E-state index contributed by atoms with van der Waals surface area (Å²) in [6.45, 7) is 5.43.